The van der Waals surface area contributed by atoms with Crippen LogP contribution in [0.25, 0.3) is 16.8 Å². The molecule has 0 N–H and O–H groups in total. The van der Waals surface area contributed by atoms with Crippen molar-refractivity contribution in [3.63, 3.8) is 0 Å². The van der Waals surface area contributed by atoms with Crippen molar-refractivity contribution < 1.29 is 4.74 Å². The van der Waals surface area contributed by atoms with Crippen LogP contribution in [0, 0.1) is 0 Å². The molecule has 0 radical (unpaired) electrons. The van der Waals surface area contributed by atoms with E-state index in [1.807, 2.05) is 7.05 Å². The van der Waals surface area contributed by atoms with E-state index in [0.717, 1.165) is 35.2 Å². The highest BCUT2D eigenvalue weighted by Crippen LogP contribution is 2.27. The lowest BCUT2D eigenvalue weighted by Gasteiger charge is -2.21. The molecule has 1 atom stereocenters. The van der Waals surface area contributed by atoms with Crippen LogP contribution in [0.1, 0.15) is 19.3 Å². The quantitative estimate of drug-likeness (QED) is 0.698. The highest BCUT2D eigenvalue weighted by molar-refractivity contribution is 7.99. The summed E-state index contributed by atoms with van der Waals surface area (Å²) in [5, 5.41) is 9.64. The lowest BCUT2D eigenvalue weighted by Crippen LogP contribution is -2.21. The maximum Gasteiger partial charge on any atom is 0.236 e. The van der Waals surface area contributed by atoms with E-state index in [2.05, 4.69) is 43.4 Å². The van der Waals surface area contributed by atoms with Crippen molar-refractivity contribution in [2.75, 3.05) is 12.4 Å². The number of nitrogens with zero attached hydrogens (tertiary/aromatic N) is 4. The molecule has 21 heavy (non-hydrogen) atoms. The molecule has 0 bridgehead atoms. The topological polar surface area (TPSA) is 44.4 Å². The molecular weight excluding hydrogens is 284 g/mol. The predicted octanol–water partition coefficient (Wildman–Crippen LogP) is 2.88. The number of ether oxygens (including phenoxy) is 1. The Morgan fingerprint density at radius 3 is 2.90 bits per heavy atom. The largest absolute Gasteiger partial charge is 0.377 e. The van der Waals surface area contributed by atoms with Crippen LogP contribution >= 0.6 is 11.8 Å². The van der Waals surface area contributed by atoms with Gasteiger partial charge in [0, 0.05) is 19.4 Å². The SMILES string of the molecule is Cn1c2ccccc2n2c(SC[C@H]3CCCCO3)nnc12. The lowest BCUT2D eigenvalue weighted by molar-refractivity contribution is 0.0315. The Balaban J connectivity index is 1.67. The molecule has 1 aliphatic rings. The molecule has 0 spiro atoms. The zero-order chi connectivity index (χ0) is 14.2. The normalized spacial score (nSPS) is 19.6. The first-order chi connectivity index (χ1) is 10.3. The summed E-state index contributed by atoms with van der Waals surface area (Å²) in [4.78, 5) is 0. The average Bonchev–Trinajstić information content (AvgIpc) is 3.07. The molecule has 0 aliphatic carbocycles. The van der Waals surface area contributed by atoms with Crippen molar-refractivity contribution in [3.8, 4) is 0 Å². The second-order valence-corrected chi connectivity index (χ2v) is 6.45. The summed E-state index contributed by atoms with van der Waals surface area (Å²) < 4.78 is 10.0. The molecule has 6 heteroatoms. The minimum Gasteiger partial charge on any atom is -0.377 e. The fourth-order valence-electron chi connectivity index (χ4n) is 2.93. The molecule has 1 saturated heterocycles. The van der Waals surface area contributed by atoms with Crippen LogP contribution in [-0.2, 0) is 11.8 Å². The van der Waals surface area contributed by atoms with Crippen molar-refractivity contribution in [3.05, 3.63) is 24.3 Å². The number of thioether (sulfide) groups is 1. The van der Waals surface area contributed by atoms with Crippen molar-refractivity contribution in [1.82, 2.24) is 19.2 Å². The molecule has 0 saturated carbocycles. The maximum atomic E-state index is 5.80. The van der Waals surface area contributed by atoms with Crippen LogP contribution in [0.4, 0.5) is 0 Å². The Kier molecular flexibility index (Phi) is 3.35. The molecular formula is C15H18N4OS. The first kappa shape index (κ1) is 13.2. The number of aromatic nitrogens is 4. The van der Waals surface area contributed by atoms with Gasteiger partial charge in [-0.2, -0.15) is 0 Å². The summed E-state index contributed by atoms with van der Waals surface area (Å²) in [6, 6.07) is 8.34. The third kappa shape index (κ3) is 2.22. The van der Waals surface area contributed by atoms with Gasteiger partial charge in [0.25, 0.3) is 0 Å². The molecule has 4 rings (SSSR count). The van der Waals surface area contributed by atoms with E-state index in [4.69, 9.17) is 4.74 Å². The Morgan fingerprint density at radius 2 is 2.10 bits per heavy atom. The summed E-state index contributed by atoms with van der Waals surface area (Å²) in [6.45, 7) is 0.898. The average molecular weight is 302 g/mol. The number of fused-ring (bicyclic) bond motifs is 3. The van der Waals surface area contributed by atoms with E-state index >= 15 is 0 Å². The van der Waals surface area contributed by atoms with Crippen LogP contribution in [0.5, 0.6) is 0 Å². The molecule has 1 aromatic carbocycles. The third-order valence-corrected chi connectivity index (χ3v) is 5.13. The number of hydrogen-bond acceptors (Lipinski definition) is 4. The van der Waals surface area contributed by atoms with Crippen LogP contribution in [0.2, 0.25) is 0 Å². The first-order valence-corrected chi connectivity index (χ1v) is 8.36. The molecule has 5 nitrogen and oxygen atoms in total. The van der Waals surface area contributed by atoms with Crippen LogP contribution in [0.15, 0.2) is 29.4 Å². The smallest absolute Gasteiger partial charge is 0.236 e. The van der Waals surface area contributed by atoms with E-state index in [-0.39, 0.29) is 0 Å². The second kappa shape index (κ2) is 5.35. The zero-order valence-electron chi connectivity index (χ0n) is 12.0. The summed E-state index contributed by atoms with van der Waals surface area (Å²) >= 11 is 1.74. The minimum absolute atomic E-state index is 0.353. The van der Waals surface area contributed by atoms with Crippen molar-refractivity contribution in [2.24, 2.45) is 7.05 Å². The van der Waals surface area contributed by atoms with Crippen molar-refractivity contribution in [2.45, 2.75) is 30.5 Å². The van der Waals surface area contributed by atoms with E-state index in [0.29, 0.717) is 6.10 Å². The fraction of sp³-hybridized carbons (Fsp3) is 0.467. The van der Waals surface area contributed by atoms with Gasteiger partial charge in [0.05, 0.1) is 17.1 Å². The number of imidazole rings is 1. The van der Waals surface area contributed by atoms with Gasteiger partial charge in [-0.1, -0.05) is 23.9 Å². The predicted molar refractivity (Wildman–Crippen MR) is 83.8 cm³/mol. The van der Waals surface area contributed by atoms with Gasteiger partial charge in [0.2, 0.25) is 5.78 Å². The van der Waals surface area contributed by atoms with Crippen LogP contribution < -0.4 is 0 Å². The lowest BCUT2D eigenvalue weighted by atomic mass is 10.1. The number of rotatable bonds is 3. The highest BCUT2D eigenvalue weighted by atomic mass is 32.2. The molecule has 3 aromatic rings. The van der Waals surface area contributed by atoms with Gasteiger partial charge in [0.15, 0.2) is 5.16 Å². The summed E-state index contributed by atoms with van der Waals surface area (Å²) in [5.41, 5.74) is 2.34. The first-order valence-electron chi connectivity index (χ1n) is 7.37. The summed E-state index contributed by atoms with van der Waals surface area (Å²) in [6.07, 6.45) is 3.98. The molecule has 0 unspecified atom stereocenters. The van der Waals surface area contributed by atoms with E-state index in [9.17, 15) is 0 Å². The fourth-order valence-corrected chi connectivity index (χ4v) is 3.94. The van der Waals surface area contributed by atoms with Gasteiger partial charge >= 0.3 is 0 Å². The number of aryl methyl sites for hydroxylation is 1. The van der Waals surface area contributed by atoms with Crippen LogP contribution in [0.3, 0.4) is 0 Å². The molecule has 1 aliphatic heterocycles. The van der Waals surface area contributed by atoms with Crippen molar-refractivity contribution in [1.29, 1.82) is 0 Å². The second-order valence-electron chi connectivity index (χ2n) is 5.47. The maximum absolute atomic E-state index is 5.80. The third-order valence-electron chi connectivity index (χ3n) is 4.07. The van der Waals surface area contributed by atoms with Crippen LogP contribution in [-0.4, -0.2) is 37.6 Å². The van der Waals surface area contributed by atoms with Gasteiger partial charge < -0.3 is 9.30 Å². The van der Waals surface area contributed by atoms with Gasteiger partial charge in [-0.15, -0.1) is 10.2 Å². The Morgan fingerprint density at radius 1 is 1.24 bits per heavy atom. The molecule has 1 fully saturated rings. The number of para-hydroxylation sites is 2. The number of benzene rings is 1. The summed E-state index contributed by atoms with van der Waals surface area (Å²) in [5.74, 6) is 1.84. The standard InChI is InChI=1S/C15H18N4OS/c1-18-12-7-2-3-8-13(12)19-14(18)16-17-15(19)21-10-11-6-4-5-9-20-11/h2-3,7-8,11H,4-6,9-10H2,1H3/t11-/m1/s1. The number of hydrogen-bond donors (Lipinski definition) is 0. The van der Waals surface area contributed by atoms with Gasteiger partial charge in [-0.05, 0) is 31.4 Å². The Labute approximate surface area is 127 Å². The Hall–Kier alpha value is -1.53. The van der Waals surface area contributed by atoms with E-state index < -0.39 is 0 Å². The van der Waals surface area contributed by atoms with E-state index in [1.165, 1.54) is 18.4 Å². The van der Waals surface area contributed by atoms with Gasteiger partial charge in [0.1, 0.15) is 0 Å². The molecule has 110 valence electrons. The minimum atomic E-state index is 0.353. The summed E-state index contributed by atoms with van der Waals surface area (Å²) in [7, 11) is 2.03. The van der Waals surface area contributed by atoms with Crippen molar-refractivity contribution >= 4 is 28.6 Å². The molecule has 0 amide bonds. The van der Waals surface area contributed by atoms with E-state index in [1.54, 1.807) is 11.8 Å². The zero-order valence-corrected chi connectivity index (χ0v) is 12.8. The Bertz CT molecular complexity index is 773. The van der Waals surface area contributed by atoms with Gasteiger partial charge in [-0.25, -0.2) is 0 Å². The highest BCUT2D eigenvalue weighted by Gasteiger charge is 2.18. The molecule has 2 aromatic heterocycles. The monoisotopic (exact) mass is 302 g/mol. The van der Waals surface area contributed by atoms with Gasteiger partial charge in [-0.3, -0.25) is 4.40 Å². The molecule has 3 heterocycles.